The van der Waals surface area contributed by atoms with Crippen molar-refractivity contribution in [2.24, 2.45) is 0 Å². The van der Waals surface area contributed by atoms with Gasteiger partial charge in [-0.05, 0) is 50.4 Å². The highest BCUT2D eigenvalue weighted by Crippen LogP contribution is 2.28. The van der Waals surface area contributed by atoms with Crippen molar-refractivity contribution >= 4 is 39.1 Å². The molecule has 2 N–H and O–H groups in total. The molecule has 1 unspecified atom stereocenters. The van der Waals surface area contributed by atoms with Crippen molar-refractivity contribution in [2.45, 2.75) is 33.0 Å². The van der Waals surface area contributed by atoms with E-state index in [9.17, 15) is 14.7 Å². The lowest BCUT2D eigenvalue weighted by Crippen LogP contribution is -2.39. The quantitative estimate of drug-likeness (QED) is 0.413. The van der Waals surface area contributed by atoms with Crippen molar-refractivity contribution in [3.05, 3.63) is 29.1 Å². The van der Waals surface area contributed by atoms with Crippen LogP contribution in [0.3, 0.4) is 0 Å². The first-order valence-corrected chi connectivity index (χ1v) is 10.7. The van der Waals surface area contributed by atoms with Gasteiger partial charge in [0.15, 0.2) is 0 Å². The lowest BCUT2D eigenvalue weighted by Gasteiger charge is -2.21. The van der Waals surface area contributed by atoms with E-state index in [-0.39, 0.29) is 31.3 Å². The highest BCUT2D eigenvalue weighted by Gasteiger charge is 2.15. The summed E-state index contributed by atoms with van der Waals surface area (Å²) in [5, 5.41) is 13.7. The summed E-state index contributed by atoms with van der Waals surface area (Å²) < 4.78 is 16.7. The minimum atomic E-state index is -0.800. The minimum Gasteiger partial charge on any atom is -0.462 e. The standard InChI is InChI=1S/C21H30N2O6S/c1-5-28-20(25)19-11-15-10-16(6-7-18(15)30-19)22-21(26)23(4)12-17(24)13-27-8-9-29-14(2)3/h6-7,10-11,14,17,24H,5,8-9,12-13H2,1-4H3,(H,22,26). The second-order valence-electron chi connectivity index (χ2n) is 7.04. The van der Waals surface area contributed by atoms with Crippen LogP contribution in [0.25, 0.3) is 10.1 Å². The van der Waals surface area contributed by atoms with Gasteiger partial charge in [-0.3, -0.25) is 0 Å². The number of likely N-dealkylation sites (N-methyl/N-ethyl adjacent to an activating group) is 1. The molecule has 0 saturated heterocycles. The van der Waals surface area contributed by atoms with E-state index < -0.39 is 6.10 Å². The molecule has 0 spiro atoms. The van der Waals surface area contributed by atoms with E-state index in [1.807, 2.05) is 19.9 Å². The average Bonchev–Trinajstić information content (AvgIpc) is 3.11. The van der Waals surface area contributed by atoms with Crippen LogP contribution in [0.5, 0.6) is 0 Å². The van der Waals surface area contributed by atoms with E-state index in [4.69, 9.17) is 14.2 Å². The maximum Gasteiger partial charge on any atom is 0.348 e. The van der Waals surface area contributed by atoms with Crippen molar-refractivity contribution < 1.29 is 28.9 Å². The molecule has 0 aliphatic carbocycles. The fourth-order valence-electron chi connectivity index (χ4n) is 2.66. The summed E-state index contributed by atoms with van der Waals surface area (Å²) in [7, 11) is 1.60. The molecule has 1 heterocycles. The van der Waals surface area contributed by atoms with Crippen LogP contribution in [-0.2, 0) is 14.2 Å². The van der Waals surface area contributed by atoms with Crippen molar-refractivity contribution in [1.29, 1.82) is 0 Å². The number of benzene rings is 1. The van der Waals surface area contributed by atoms with Crippen molar-refractivity contribution in [3.8, 4) is 0 Å². The van der Waals surface area contributed by atoms with E-state index >= 15 is 0 Å². The predicted molar refractivity (Wildman–Crippen MR) is 117 cm³/mol. The molecule has 1 aromatic carbocycles. The lowest BCUT2D eigenvalue weighted by molar-refractivity contribution is -0.0144. The van der Waals surface area contributed by atoms with Crippen LogP contribution in [0.1, 0.15) is 30.4 Å². The molecule has 0 bridgehead atoms. The molecule has 1 atom stereocenters. The van der Waals surface area contributed by atoms with Gasteiger partial charge in [0.1, 0.15) is 4.88 Å². The Morgan fingerprint density at radius 2 is 2.00 bits per heavy atom. The highest BCUT2D eigenvalue weighted by atomic mass is 32.1. The monoisotopic (exact) mass is 438 g/mol. The molecule has 2 aromatic rings. The zero-order valence-corrected chi connectivity index (χ0v) is 18.7. The molecule has 2 rings (SSSR count). The predicted octanol–water partition coefficient (Wildman–Crippen LogP) is 3.34. The molecule has 9 heteroatoms. The van der Waals surface area contributed by atoms with E-state index in [2.05, 4.69) is 5.32 Å². The Bertz CT molecular complexity index is 838. The number of aliphatic hydroxyl groups excluding tert-OH is 1. The summed E-state index contributed by atoms with van der Waals surface area (Å²) in [4.78, 5) is 26.2. The summed E-state index contributed by atoms with van der Waals surface area (Å²) in [6.45, 7) is 7.07. The number of nitrogens with zero attached hydrogens (tertiary/aromatic N) is 1. The Hall–Kier alpha value is -2.20. The number of hydrogen-bond donors (Lipinski definition) is 2. The van der Waals surface area contributed by atoms with Crippen LogP contribution in [0.2, 0.25) is 0 Å². The van der Waals surface area contributed by atoms with Gasteiger partial charge in [-0.1, -0.05) is 0 Å². The molecule has 2 amide bonds. The Morgan fingerprint density at radius 3 is 2.70 bits per heavy atom. The summed E-state index contributed by atoms with van der Waals surface area (Å²) in [5.74, 6) is -0.351. The maximum absolute atomic E-state index is 12.4. The first-order chi connectivity index (χ1) is 14.3. The third-order valence-corrected chi connectivity index (χ3v) is 5.16. The normalized spacial score (nSPS) is 12.2. The molecular formula is C21H30N2O6S. The number of urea groups is 1. The smallest absolute Gasteiger partial charge is 0.348 e. The number of carbonyl (C=O) groups is 2. The van der Waals surface area contributed by atoms with Crippen molar-refractivity contribution in [2.75, 3.05) is 45.3 Å². The van der Waals surface area contributed by atoms with Gasteiger partial charge in [0, 0.05) is 17.4 Å². The number of thiophene rings is 1. The lowest BCUT2D eigenvalue weighted by atomic mass is 10.2. The molecule has 0 aliphatic rings. The van der Waals surface area contributed by atoms with E-state index in [1.165, 1.54) is 16.2 Å². The third-order valence-electron chi connectivity index (χ3n) is 4.06. The first-order valence-electron chi connectivity index (χ1n) is 9.90. The second-order valence-corrected chi connectivity index (χ2v) is 8.13. The molecule has 1 aromatic heterocycles. The van der Waals surface area contributed by atoms with Gasteiger partial charge in [0.05, 0.1) is 45.2 Å². The summed E-state index contributed by atoms with van der Waals surface area (Å²) in [6, 6.07) is 6.82. The Kier molecular flexibility index (Phi) is 9.51. The number of rotatable bonds is 11. The maximum atomic E-state index is 12.4. The Morgan fingerprint density at radius 1 is 1.23 bits per heavy atom. The van der Waals surface area contributed by atoms with E-state index in [1.54, 1.807) is 32.2 Å². The van der Waals surface area contributed by atoms with Crippen LogP contribution >= 0.6 is 11.3 Å². The van der Waals surface area contributed by atoms with Gasteiger partial charge in [-0.25, -0.2) is 9.59 Å². The van der Waals surface area contributed by atoms with Gasteiger partial charge >= 0.3 is 12.0 Å². The summed E-state index contributed by atoms with van der Waals surface area (Å²) in [6.07, 6.45) is -0.662. The number of fused-ring (bicyclic) bond motifs is 1. The van der Waals surface area contributed by atoms with Gasteiger partial charge in [-0.2, -0.15) is 0 Å². The number of anilines is 1. The van der Waals surface area contributed by atoms with Crippen LogP contribution < -0.4 is 5.32 Å². The number of carbonyl (C=O) groups excluding carboxylic acids is 2. The van der Waals surface area contributed by atoms with E-state index in [0.717, 1.165) is 10.1 Å². The topological polar surface area (TPSA) is 97.3 Å². The van der Waals surface area contributed by atoms with Crippen LogP contribution in [0.15, 0.2) is 24.3 Å². The summed E-state index contributed by atoms with van der Waals surface area (Å²) >= 11 is 1.35. The van der Waals surface area contributed by atoms with Crippen LogP contribution in [0.4, 0.5) is 10.5 Å². The number of esters is 1. The fraction of sp³-hybridized carbons (Fsp3) is 0.524. The third kappa shape index (κ3) is 7.56. The largest absolute Gasteiger partial charge is 0.462 e. The zero-order valence-electron chi connectivity index (χ0n) is 17.8. The van der Waals surface area contributed by atoms with Gasteiger partial charge in [0.25, 0.3) is 0 Å². The first kappa shape index (κ1) is 24.1. The minimum absolute atomic E-state index is 0.122. The highest BCUT2D eigenvalue weighted by molar-refractivity contribution is 7.20. The molecule has 30 heavy (non-hydrogen) atoms. The van der Waals surface area contributed by atoms with Gasteiger partial charge in [0.2, 0.25) is 0 Å². The van der Waals surface area contributed by atoms with E-state index in [0.29, 0.717) is 30.4 Å². The number of ether oxygens (including phenoxy) is 3. The van der Waals surface area contributed by atoms with Crippen LogP contribution in [-0.4, -0.2) is 74.2 Å². The van der Waals surface area contributed by atoms with Gasteiger partial charge < -0.3 is 29.5 Å². The molecule has 8 nitrogen and oxygen atoms in total. The fourth-order valence-corrected chi connectivity index (χ4v) is 3.59. The summed E-state index contributed by atoms with van der Waals surface area (Å²) in [5.41, 5.74) is 0.601. The molecule has 0 radical (unpaired) electrons. The molecule has 0 fully saturated rings. The molecule has 0 saturated carbocycles. The number of aliphatic hydroxyl groups is 1. The van der Waals surface area contributed by atoms with Crippen molar-refractivity contribution in [1.82, 2.24) is 4.90 Å². The van der Waals surface area contributed by atoms with Gasteiger partial charge in [-0.15, -0.1) is 11.3 Å². The molecule has 0 aliphatic heterocycles. The number of amides is 2. The van der Waals surface area contributed by atoms with Crippen LogP contribution in [0, 0.1) is 0 Å². The zero-order chi connectivity index (χ0) is 22.1. The molecule has 166 valence electrons. The number of nitrogens with one attached hydrogen (secondary N) is 1. The Labute approximate surface area is 180 Å². The average molecular weight is 439 g/mol. The second kappa shape index (κ2) is 11.8. The number of hydrogen-bond acceptors (Lipinski definition) is 7. The Balaban J connectivity index is 1.84. The molecular weight excluding hydrogens is 408 g/mol. The van der Waals surface area contributed by atoms with Crippen molar-refractivity contribution in [3.63, 3.8) is 0 Å². The SMILES string of the molecule is CCOC(=O)c1cc2cc(NC(=O)N(C)CC(O)COCCOC(C)C)ccc2s1.